The number of nitrogens with zero attached hydrogens (tertiary/aromatic N) is 1. The van der Waals surface area contributed by atoms with Gasteiger partial charge >= 0.3 is 0 Å². The second-order valence-corrected chi connectivity index (χ2v) is 6.15. The fourth-order valence-corrected chi connectivity index (χ4v) is 3.27. The van der Waals surface area contributed by atoms with E-state index in [4.69, 9.17) is 17.3 Å². The first-order valence-electron chi connectivity index (χ1n) is 6.20. The van der Waals surface area contributed by atoms with Crippen LogP contribution < -0.4 is 5.73 Å². The number of anilines is 1. The van der Waals surface area contributed by atoms with E-state index in [1.54, 1.807) is 11.0 Å². The molecule has 1 aromatic carbocycles. The molecule has 3 nitrogen and oxygen atoms in total. The number of carbonyl (C=O) groups excluding carboxylic acids is 1. The lowest BCUT2D eigenvalue weighted by molar-refractivity contribution is 0.0746. The largest absolute Gasteiger partial charge is 0.397 e. The van der Waals surface area contributed by atoms with Crippen LogP contribution >= 0.6 is 22.9 Å². The highest BCUT2D eigenvalue weighted by molar-refractivity contribution is 7.21. The van der Waals surface area contributed by atoms with Gasteiger partial charge in [0.05, 0.1) is 5.69 Å². The van der Waals surface area contributed by atoms with Gasteiger partial charge in [-0.15, -0.1) is 11.3 Å². The van der Waals surface area contributed by atoms with Crippen molar-refractivity contribution in [3.8, 4) is 0 Å². The second-order valence-electron chi connectivity index (χ2n) is 4.66. The maximum atomic E-state index is 12.4. The number of rotatable bonds is 3. The average molecular weight is 297 g/mol. The minimum Gasteiger partial charge on any atom is -0.397 e. The summed E-state index contributed by atoms with van der Waals surface area (Å²) < 4.78 is 0.950. The monoisotopic (exact) mass is 296 g/mol. The molecular weight excluding hydrogens is 280 g/mol. The van der Waals surface area contributed by atoms with Crippen LogP contribution in [0, 0.1) is 0 Å². The van der Waals surface area contributed by atoms with Crippen molar-refractivity contribution in [3.05, 3.63) is 28.1 Å². The summed E-state index contributed by atoms with van der Waals surface area (Å²) in [6.45, 7) is 4.08. The van der Waals surface area contributed by atoms with E-state index in [-0.39, 0.29) is 11.9 Å². The number of hydrogen-bond donors (Lipinski definition) is 1. The lowest BCUT2D eigenvalue weighted by atomic mass is 10.2. The Balaban J connectivity index is 2.45. The predicted molar refractivity (Wildman–Crippen MR) is 83.1 cm³/mol. The number of carbonyl (C=O) groups is 1. The molecule has 0 spiro atoms. The summed E-state index contributed by atoms with van der Waals surface area (Å²) in [4.78, 5) is 14.8. The van der Waals surface area contributed by atoms with Crippen LogP contribution in [0.3, 0.4) is 0 Å². The molecule has 19 heavy (non-hydrogen) atoms. The first-order chi connectivity index (χ1) is 8.95. The van der Waals surface area contributed by atoms with Crippen molar-refractivity contribution < 1.29 is 4.79 Å². The van der Waals surface area contributed by atoms with Crippen LogP contribution in [0.2, 0.25) is 5.02 Å². The zero-order chi connectivity index (χ0) is 14.2. The molecule has 0 saturated heterocycles. The van der Waals surface area contributed by atoms with Crippen molar-refractivity contribution in [1.82, 2.24) is 4.90 Å². The minimum atomic E-state index is -0.0239. The lowest BCUT2D eigenvalue weighted by Gasteiger charge is -2.23. The van der Waals surface area contributed by atoms with Gasteiger partial charge in [-0.25, -0.2) is 0 Å². The highest BCUT2D eigenvalue weighted by atomic mass is 35.5. The molecule has 0 aliphatic heterocycles. The summed E-state index contributed by atoms with van der Waals surface area (Å²) in [5.74, 6) is -0.0239. The average Bonchev–Trinajstić information content (AvgIpc) is 2.72. The molecule has 0 bridgehead atoms. The number of hydrogen-bond acceptors (Lipinski definition) is 3. The van der Waals surface area contributed by atoms with Gasteiger partial charge in [-0.2, -0.15) is 0 Å². The fourth-order valence-electron chi connectivity index (χ4n) is 1.88. The number of benzene rings is 1. The molecule has 0 aliphatic rings. The molecule has 2 N–H and O–H groups in total. The van der Waals surface area contributed by atoms with E-state index >= 15 is 0 Å². The first-order valence-corrected chi connectivity index (χ1v) is 7.39. The zero-order valence-corrected chi connectivity index (χ0v) is 12.8. The molecule has 0 aliphatic carbocycles. The third-order valence-electron chi connectivity index (χ3n) is 3.46. The van der Waals surface area contributed by atoms with Gasteiger partial charge in [0.15, 0.2) is 0 Å². The van der Waals surface area contributed by atoms with E-state index in [2.05, 4.69) is 6.92 Å². The molecule has 1 atom stereocenters. The molecule has 5 heteroatoms. The maximum Gasteiger partial charge on any atom is 0.266 e. The summed E-state index contributed by atoms with van der Waals surface area (Å²) in [5.41, 5.74) is 6.64. The number of amides is 1. The zero-order valence-electron chi connectivity index (χ0n) is 11.2. The Morgan fingerprint density at radius 1 is 1.53 bits per heavy atom. The molecule has 1 heterocycles. The Kier molecular flexibility index (Phi) is 4.02. The lowest BCUT2D eigenvalue weighted by Crippen LogP contribution is -2.34. The number of nitrogen functional groups attached to an aromatic ring is 1. The van der Waals surface area contributed by atoms with Crippen LogP contribution in [0.5, 0.6) is 0 Å². The van der Waals surface area contributed by atoms with Gasteiger partial charge in [-0.1, -0.05) is 18.5 Å². The summed E-state index contributed by atoms with van der Waals surface area (Å²) in [6.07, 6.45) is 0.916. The third-order valence-corrected chi connectivity index (χ3v) is 4.85. The van der Waals surface area contributed by atoms with Crippen molar-refractivity contribution in [2.75, 3.05) is 12.8 Å². The maximum absolute atomic E-state index is 12.4. The van der Waals surface area contributed by atoms with Crippen molar-refractivity contribution in [1.29, 1.82) is 0 Å². The van der Waals surface area contributed by atoms with Crippen LogP contribution in [0.4, 0.5) is 5.69 Å². The van der Waals surface area contributed by atoms with E-state index < -0.39 is 0 Å². The molecule has 0 radical (unpaired) electrons. The predicted octanol–water partition coefficient (Wildman–Crippen LogP) is 4.01. The number of fused-ring (bicyclic) bond motifs is 1. The van der Waals surface area contributed by atoms with Crippen molar-refractivity contribution in [2.24, 2.45) is 0 Å². The Labute approximate surface area is 122 Å². The molecule has 1 unspecified atom stereocenters. The quantitative estimate of drug-likeness (QED) is 0.930. The van der Waals surface area contributed by atoms with Gasteiger partial charge in [0, 0.05) is 28.2 Å². The molecule has 1 aromatic heterocycles. The molecule has 2 aromatic rings. The van der Waals surface area contributed by atoms with Crippen LogP contribution in [0.1, 0.15) is 29.9 Å². The first kappa shape index (κ1) is 14.2. The van der Waals surface area contributed by atoms with Crippen molar-refractivity contribution >= 4 is 44.6 Å². The van der Waals surface area contributed by atoms with E-state index in [0.717, 1.165) is 16.5 Å². The van der Waals surface area contributed by atoms with E-state index in [1.807, 2.05) is 26.1 Å². The summed E-state index contributed by atoms with van der Waals surface area (Å²) >= 11 is 7.37. The van der Waals surface area contributed by atoms with Crippen LogP contribution in [0.25, 0.3) is 10.1 Å². The van der Waals surface area contributed by atoms with Crippen LogP contribution in [-0.4, -0.2) is 23.9 Å². The number of halogens is 1. The molecule has 102 valence electrons. The Morgan fingerprint density at radius 3 is 2.84 bits per heavy atom. The highest BCUT2D eigenvalue weighted by Gasteiger charge is 2.22. The minimum absolute atomic E-state index is 0.0239. The topological polar surface area (TPSA) is 46.3 Å². The summed E-state index contributed by atoms with van der Waals surface area (Å²) in [6, 6.07) is 5.70. The van der Waals surface area contributed by atoms with E-state index in [9.17, 15) is 4.79 Å². The molecule has 1 amide bonds. The standard InChI is InChI=1S/C14H17ClN2OS/c1-4-8(2)17(3)14(18)13-12(16)10-6-5-9(15)7-11(10)19-13/h5-8H,4,16H2,1-3H3. The van der Waals surface area contributed by atoms with Gasteiger partial charge < -0.3 is 10.6 Å². The molecule has 0 fully saturated rings. The number of thiophene rings is 1. The highest BCUT2D eigenvalue weighted by Crippen LogP contribution is 2.36. The second kappa shape index (κ2) is 5.39. The van der Waals surface area contributed by atoms with Crippen molar-refractivity contribution in [3.63, 3.8) is 0 Å². The Bertz CT molecular complexity index is 623. The normalized spacial score (nSPS) is 12.6. The van der Waals surface area contributed by atoms with E-state index in [1.165, 1.54) is 11.3 Å². The summed E-state index contributed by atoms with van der Waals surface area (Å²) in [7, 11) is 1.81. The third kappa shape index (κ3) is 2.55. The molecular formula is C14H17ClN2OS. The van der Waals surface area contributed by atoms with Gasteiger partial charge in [-0.3, -0.25) is 4.79 Å². The molecule has 2 rings (SSSR count). The number of nitrogens with two attached hydrogens (primary N) is 1. The summed E-state index contributed by atoms with van der Waals surface area (Å²) in [5, 5.41) is 1.55. The fraction of sp³-hybridized carbons (Fsp3) is 0.357. The van der Waals surface area contributed by atoms with Crippen LogP contribution in [-0.2, 0) is 0 Å². The van der Waals surface area contributed by atoms with Crippen LogP contribution in [0.15, 0.2) is 18.2 Å². The Hall–Kier alpha value is -1.26. The Morgan fingerprint density at radius 2 is 2.21 bits per heavy atom. The van der Waals surface area contributed by atoms with Crippen molar-refractivity contribution in [2.45, 2.75) is 26.3 Å². The van der Waals surface area contributed by atoms with Gasteiger partial charge in [-0.05, 0) is 31.5 Å². The SMILES string of the molecule is CCC(C)N(C)C(=O)c1sc2cc(Cl)ccc2c1N. The van der Waals surface area contributed by atoms with Gasteiger partial charge in [0.1, 0.15) is 4.88 Å². The molecule has 0 saturated carbocycles. The smallest absolute Gasteiger partial charge is 0.266 e. The van der Waals surface area contributed by atoms with Gasteiger partial charge in [0.2, 0.25) is 0 Å². The van der Waals surface area contributed by atoms with E-state index in [0.29, 0.717) is 15.6 Å². The van der Waals surface area contributed by atoms with Gasteiger partial charge in [0.25, 0.3) is 5.91 Å².